The van der Waals surface area contributed by atoms with Crippen molar-refractivity contribution >= 4 is 27.4 Å². The number of aromatic nitrogens is 2. The third-order valence-corrected chi connectivity index (χ3v) is 4.24. The first-order valence-corrected chi connectivity index (χ1v) is 6.40. The van der Waals surface area contributed by atoms with Crippen LogP contribution in [0.3, 0.4) is 0 Å². The molecule has 0 spiro atoms. The van der Waals surface area contributed by atoms with Crippen molar-refractivity contribution < 1.29 is 0 Å². The second kappa shape index (κ2) is 3.17. The van der Waals surface area contributed by atoms with Crippen LogP contribution in [0.2, 0.25) is 0 Å². The average molecular weight is 233 g/mol. The zero-order chi connectivity index (χ0) is 11.3. The highest BCUT2D eigenvalue weighted by atomic mass is 32.1. The fourth-order valence-corrected chi connectivity index (χ4v) is 2.79. The van der Waals surface area contributed by atoms with Gasteiger partial charge in [0.25, 0.3) is 0 Å². The van der Waals surface area contributed by atoms with Crippen molar-refractivity contribution in [2.75, 3.05) is 12.4 Å². The fraction of sp³-hybridized carbons (Fsp3) is 0.500. The summed E-state index contributed by atoms with van der Waals surface area (Å²) in [6.07, 6.45) is 2.43. The lowest BCUT2D eigenvalue weighted by molar-refractivity contribution is 0.717. The van der Waals surface area contributed by atoms with E-state index in [2.05, 4.69) is 30.2 Å². The van der Waals surface area contributed by atoms with Crippen LogP contribution in [0.4, 0.5) is 5.82 Å². The molecule has 1 aliphatic carbocycles. The van der Waals surface area contributed by atoms with Gasteiger partial charge in [-0.3, -0.25) is 0 Å². The monoisotopic (exact) mass is 233 g/mol. The van der Waals surface area contributed by atoms with E-state index in [9.17, 15) is 0 Å². The third-order valence-electron chi connectivity index (χ3n) is 3.29. The molecule has 3 nitrogen and oxygen atoms in total. The Morgan fingerprint density at radius 3 is 2.75 bits per heavy atom. The summed E-state index contributed by atoms with van der Waals surface area (Å²) >= 11 is 1.75. The topological polar surface area (TPSA) is 37.8 Å². The minimum atomic E-state index is 0.234. The standard InChI is InChI=1S/C12H15N3S/c1-7-6-8-9(13-3)14-11(12(2)4-5-12)15-10(8)16-7/h6H,4-5H2,1-3H3,(H,13,14,15). The quantitative estimate of drug-likeness (QED) is 0.866. The number of hydrogen-bond acceptors (Lipinski definition) is 4. The van der Waals surface area contributed by atoms with Crippen LogP contribution < -0.4 is 5.32 Å². The van der Waals surface area contributed by atoms with Gasteiger partial charge in [0.05, 0.1) is 5.39 Å². The normalized spacial score (nSPS) is 17.7. The molecule has 1 aliphatic rings. The van der Waals surface area contributed by atoms with E-state index in [0.29, 0.717) is 0 Å². The highest BCUT2D eigenvalue weighted by Crippen LogP contribution is 2.47. The van der Waals surface area contributed by atoms with Crippen molar-refractivity contribution in [3.8, 4) is 0 Å². The predicted octanol–water partition coefficient (Wildman–Crippen LogP) is 3.09. The number of aryl methyl sites for hydroxylation is 1. The van der Waals surface area contributed by atoms with Gasteiger partial charge in [-0.05, 0) is 25.8 Å². The minimum absolute atomic E-state index is 0.234. The molecular weight excluding hydrogens is 218 g/mol. The number of nitrogens with one attached hydrogen (secondary N) is 1. The highest BCUT2D eigenvalue weighted by molar-refractivity contribution is 7.18. The van der Waals surface area contributed by atoms with Gasteiger partial charge in [0.2, 0.25) is 0 Å². The van der Waals surface area contributed by atoms with E-state index in [0.717, 1.165) is 21.9 Å². The summed E-state index contributed by atoms with van der Waals surface area (Å²) in [6.45, 7) is 4.36. The molecule has 2 aromatic heterocycles. The maximum Gasteiger partial charge on any atom is 0.138 e. The van der Waals surface area contributed by atoms with E-state index < -0.39 is 0 Å². The summed E-state index contributed by atoms with van der Waals surface area (Å²) in [5.74, 6) is 1.98. The molecule has 4 heteroatoms. The molecule has 0 amide bonds. The molecule has 1 fully saturated rings. The van der Waals surface area contributed by atoms with Crippen molar-refractivity contribution in [1.82, 2.24) is 9.97 Å². The molecule has 1 N–H and O–H groups in total. The molecule has 3 rings (SSSR count). The Balaban J connectivity index is 2.25. The Morgan fingerprint density at radius 1 is 1.38 bits per heavy atom. The predicted molar refractivity (Wildman–Crippen MR) is 68.3 cm³/mol. The second-order valence-electron chi connectivity index (χ2n) is 4.78. The summed E-state index contributed by atoms with van der Waals surface area (Å²) in [5.41, 5.74) is 0.234. The minimum Gasteiger partial charge on any atom is -0.372 e. The van der Waals surface area contributed by atoms with Gasteiger partial charge in [0.15, 0.2) is 0 Å². The van der Waals surface area contributed by atoms with Gasteiger partial charge in [0, 0.05) is 17.3 Å². The zero-order valence-corrected chi connectivity index (χ0v) is 10.6. The summed E-state index contributed by atoms with van der Waals surface area (Å²) in [6, 6.07) is 2.16. The lowest BCUT2D eigenvalue weighted by Gasteiger charge is -2.09. The smallest absolute Gasteiger partial charge is 0.138 e. The van der Waals surface area contributed by atoms with Crippen LogP contribution in [0.5, 0.6) is 0 Å². The van der Waals surface area contributed by atoms with Gasteiger partial charge in [-0.2, -0.15) is 0 Å². The summed E-state index contributed by atoms with van der Waals surface area (Å²) in [7, 11) is 1.92. The van der Waals surface area contributed by atoms with Crippen LogP contribution in [0, 0.1) is 6.92 Å². The van der Waals surface area contributed by atoms with Crippen LogP contribution in [0.15, 0.2) is 6.07 Å². The second-order valence-corrected chi connectivity index (χ2v) is 6.02. The number of anilines is 1. The first-order chi connectivity index (χ1) is 7.62. The number of hydrogen-bond donors (Lipinski definition) is 1. The van der Waals surface area contributed by atoms with E-state index in [1.807, 2.05) is 7.05 Å². The van der Waals surface area contributed by atoms with Gasteiger partial charge >= 0.3 is 0 Å². The third kappa shape index (κ3) is 1.40. The summed E-state index contributed by atoms with van der Waals surface area (Å²) in [5, 5.41) is 4.33. The summed E-state index contributed by atoms with van der Waals surface area (Å²) < 4.78 is 0. The van der Waals surface area contributed by atoms with Crippen molar-refractivity contribution in [2.45, 2.75) is 32.1 Å². The average Bonchev–Trinajstić information content (AvgIpc) is 2.89. The molecular formula is C12H15N3S. The molecule has 0 atom stereocenters. The van der Waals surface area contributed by atoms with Crippen molar-refractivity contribution in [2.24, 2.45) is 0 Å². The zero-order valence-electron chi connectivity index (χ0n) is 9.79. The molecule has 2 aromatic rings. The van der Waals surface area contributed by atoms with Crippen LogP contribution in [-0.4, -0.2) is 17.0 Å². The number of fused-ring (bicyclic) bond motifs is 1. The summed E-state index contributed by atoms with van der Waals surface area (Å²) in [4.78, 5) is 11.8. The van der Waals surface area contributed by atoms with E-state index in [4.69, 9.17) is 4.98 Å². The largest absolute Gasteiger partial charge is 0.372 e. The van der Waals surface area contributed by atoms with E-state index in [1.54, 1.807) is 11.3 Å². The van der Waals surface area contributed by atoms with Gasteiger partial charge < -0.3 is 5.32 Å². The molecule has 1 saturated carbocycles. The fourth-order valence-electron chi connectivity index (χ4n) is 1.91. The lowest BCUT2D eigenvalue weighted by Crippen LogP contribution is -2.08. The van der Waals surface area contributed by atoms with Crippen molar-refractivity contribution in [3.63, 3.8) is 0 Å². The van der Waals surface area contributed by atoms with Crippen molar-refractivity contribution in [1.29, 1.82) is 0 Å². The number of rotatable bonds is 2. The van der Waals surface area contributed by atoms with E-state index in [-0.39, 0.29) is 5.41 Å². The Bertz CT molecular complexity index is 555. The van der Waals surface area contributed by atoms with Crippen LogP contribution in [-0.2, 0) is 5.41 Å². The van der Waals surface area contributed by atoms with Crippen LogP contribution >= 0.6 is 11.3 Å². The molecule has 0 aromatic carbocycles. The van der Waals surface area contributed by atoms with E-state index >= 15 is 0 Å². The van der Waals surface area contributed by atoms with Gasteiger partial charge in [-0.15, -0.1) is 11.3 Å². The van der Waals surface area contributed by atoms with Crippen LogP contribution in [0.1, 0.15) is 30.5 Å². The molecule has 0 unspecified atom stereocenters. The first-order valence-electron chi connectivity index (χ1n) is 5.59. The molecule has 0 radical (unpaired) electrons. The Labute approximate surface area is 98.9 Å². The first kappa shape index (κ1) is 10.0. The van der Waals surface area contributed by atoms with Gasteiger partial charge in [-0.1, -0.05) is 6.92 Å². The molecule has 2 heterocycles. The van der Waals surface area contributed by atoms with Gasteiger partial charge in [-0.25, -0.2) is 9.97 Å². The molecule has 0 saturated heterocycles. The SMILES string of the molecule is CNc1nc(C2(C)CC2)nc2sc(C)cc12. The maximum absolute atomic E-state index is 4.71. The highest BCUT2D eigenvalue weighted by Gasteiger charge is 2.42. The van der Waals surface area contributed by atoms with Gasteiger partial charge in [0.1, 0.15) is 16.5 Å². The molecule has 16 heavy (non-hydrogen) atoms. The van der Waals surface area contributed by atoms with Crippen molar-refractivity contribution in [3.05, 3.63) is 16.8 Å². The Hall–Kier alpha value is -1.16. The van der Waals surface area contributed by atoms with E-state index in [1.165, 1.54) is 17.7 Å². The number of nitrogens with zero attached hydrogens (tertiary/aromatic N) is 2. The Kier molecular flexibility index (Phi) is 1.98. The maximum atomic E-state index is 4.71. The Morgan fingerprint density at radius 2 is 2.12 bits per heavy atom. The lowest BCUT2D eigenvalue weighted by atomic mass is 10.1. The molecule has 0 bridgehead atoms. The molecule has 0 aliphatic heterocycles. The van der Waals surface area contributed by atoms with Crippen LogP contribution in [0.25, 0.3) is 10.2 Å². The number of thiophene rings is 1. The molecule has 84 valence electrons.